The number of carbonyl (C=O) groups is 1. The number of hydrogen-bond donors (Lipinski definition) is 1. The number of ether oxygens (including phenoxy) is 2. The number of hydrogen-bond acceptors (Lipinski definition) is 7. The van der Waals surface area contributed by atoms with Crippen molar-refractivity contribution in [1.82, 2.24) is 25.2 Å². The van der Waals surface area contributed by atoms with Crippen LogP contribution in [0.15, 0.2) is 24.3 Å². The molecule has 0 radical (unpaired) electrons. The molecule has 8 nitrogen and oxygen atoms in total. The van der Waals surface area contributed by atoms with E-state index in [1.807, 2.05) is 24.3 Å². The van der Waals surface area contributed by atoms with Crippen LogP contribution in [0.2, 0.25) is 0 Å². The zero-order valence-electron chi connectivity index (χ0n) is 15.3. The highest BCUT2D eigenvalue weighted by Gasteiger charge is 2.21. The molecule has 0 saturated carbocycles. The van der Waals surface area contributed by atoms with Crippen LogP contribution in [0.3, 0.4) is 0 Å². The van der Waals surface area contributed by atoms with Crippen molar-refractivity contribution in [3.63, 3.8) is 0 Å². The second kappa shape index (κ2) is 8.77. The smallest absolute Gasteiger partial charge is 0.361 e. The van der Waals surface area contributed by atoms with Crippen molar-refractivity contribution in [3.8, 4) is 17.0 Å². The molecule has 1 aromatic heterocycles. The summed E-state index contributed by atoms with van der Waals surface area (Å²) in [5.74, 6) is 0.185. The number of rotatable bonds is 7. The minimum absolute atomic E-state index is 0.168. The number of likely N-dealkylation sites (N-methyl/N-ethyl adjacent to an activating group) is 1. The van der Waals surface area contributed by atoms with Crippen molar-refractivity contribution in [2.75, 3.05) is 53.0 Å². The fraction of sp³-hybridized carbons (Fsp3) is 0.500. The van der Waals surface area contributed by atoms with Gasteiger partial charge in [-0.1, -0.05) is 12.1 Å². The van der Waals surface area contributed by atoms with Crippen molar-refractivity contribution in [1.29, 1.82) is 0 Å². The van der Waals surface area contributed by atoms with Crippen molar-refractivity contribution < 1.29 is 14.3 Å². The Morgan fingerprint density at radius 2 is 1.96 bits per heavy atom. The standard InChI is InChI=1S/C18H25N5O3/c1-3-25-18(24)17-16(19-21-20-17)14-6-4-5-7-15(14)26-13-12-23-10-8-22(2)9-11-23/h4-7H,3,8-13H2,1-2H3,(H,19,20,21). The molecule has 1 aliphatic rings. The Kier molecular flexibility index (Phi) is 6.19. The van der Waals surface area contributed by atoms with Gasteiger partial charge >= 0.3 is 5.97 Å². The third-order valence-electron chi connectivity index (χ3n) is 4.42. The highest BCUT2D eigenvalue weighted by Crippen LogP contribution is 2.30. The van der Waals surface area contributed by atoms with Crippen molar-refractivity contribution in [2.24, 2.45) is 0 Å². The van der Waals surface area contributed by atoms with Gasteiger partial charge in [-0.25, -0.2) is 4.79 Å². The van der Waals surface area contributed by atoms with E-state index in [9.17, 15) is 4.79 Å². The Balaban J connectivity index is 1.67. The van der Waals surface area contributed by atoms with Gasteiger partial charge < -0.3 is 14.4 Å². The van der Waals surface area contributed by atoms with E-state index in [0.29, 0.717) is 18.1 Å². The first-order valence-corrected chi connectivity index (χ1v) is 8.90. The van der Waals surface area contributed by atoms with Gasteiger partial charge in [0, 0.05) is 38.3 Å². The van der Waals surface area contributed by atoms with Crippen LogP contribution in [0, 0.1) is 0 Å². The molecule has 0 spiro atoms. The predicted molar refractivity (Wildman–Crippen MR) is 97.2 cm³/mol. The molecule has 1 aliphatic heterocycles. The average molecular weight is 359 g/mol. The molecule has 0 atom stereocenters. The number of aromatic amines is 1. The fourth-order valence-electron chi connectivity index (χ4n) is 2.90. The number of esters is 1. The second-order valence-electron chi connectivity index (χ2n) is 6.23. The molecule has 0 bridgehead atoms. The molecule has 3 rings (SSSR count). The molecule has 2 aromatic rings. The Labute approximate surface area is 153 Å². The summed E-state index contributed by atoms with van der Waals surface area (Å²) in [6, 6.07) is 7.53. The molecule has 8 heteroatoms. The van der Waals surface area contributed by atoms with Crippen molar-refractivity contribution in [2.45, 2.75) is 6.92 Å². The first-order valence-electron chi connectivity index (χ1n) is 8.90. The molecule has 0 aliphatic carbocycles. The molecule has 1 fully saturated rings. The molecule has 1 aromatic carbocycles. The number of para-hydroxylation sites is 1. The number of nitrogens with one attached hydrogen (secondary N) is 1. The summed E-state index contributed by atoms with van der Waals surface area (Å²) < 4.78 is 11.0. The van der Waals surface area contributed by atoms with Crippen LogP contribution < -0.4 is 4.74 Å². The molecular weight excluding hydrogens is 334 g/mol. The number of nitrogens with zero attached hydrogens (tertiary/aromatic N) is 4. The molecule has 26 heavy (non-hydrogen) atoms. The number of carbonyl (C=O) groups excluding carboxylic acids is 1. The lowest BCUT2D eigenvalue weighted by molar-refractivity contribution is 0.0520. The number of benzene rings is 1. The third-order valence-corrected chi connectivity index (χ3v) is 4.42. The summed E-state index contributed by atoms with van der Waals surface area (Å²) in [5, 5.41) is 10.6. The quantitative estimate of drug-likeness (QED) is 0.746. The average Bonchev–Trinajstić information content (AvgIpc) is 3.14. The maximum atomic E-state index is 12.1. The zero-order valence-corrected chi connectivity index (χ0v) is 15.3. The predicted octanol–water partition coefficient (Wildman–Crippen LogP) is 1.27. The fourth-order valence-corrected chi connectivity index (χ4v) is 2.90. The Morgan fingerprint density at radius 1 is 1.19 bits per heavy atom. The maximum absolute atomic E-state index is 12.1. The highest BCUT2D eigenvalue weighted by atomic mass is 16.5. The Hall–Kier alpha value is -2.45. The van der Waals surface area contributed by atoms with Gasteiger partial charge in [-0.15, -0.1) is 5.10 Å². The van der Waals surface area contributed by atoms with Crippen molar-refractivity contribution in [3.05, 3.63) is 30.0 Å². The van der Waals surface area contributed by atoms with Crippen LogP contribution in [0.4, 0.5) is 0 Å². The normalized spacial score (nSPS) is 15.8. The SMILES string of the molecule is CCOC(=O)c1n[nH]nc1-c1ccccc1OCCN1CCN(C)CC1. The van der Waals surface area contributed by atoms with Gasteiger partial charge in [-0.3, -0.25) is 4.90 Å². The molecule has 2 heterocycles. The molecule has 140 valence electrons. The molecular formula is C18H25N5O3. The van der Waals surface area contributed by atoms with E-state index in [-0.39, 0.29) is 12.3 Å². The largest absolute Gasteiger partial charge is 0.492 e. The van der Waals surface area contributed by atoms with Crippen LogP contribution in [-0.4, -0.2) is 84.2 Å². The van der Waals surface area contributed by atoms with E-state index in [4.69, 9.17) is 9.47 Å². The summed E-state index contributed by atoms with van der Waals surface area (Å²) in [7, 11) is 2.14. The van der Waals surface area contributed by atoms with Gasteiger partial charge in [0.05, 0.1) is 6.61 Å². The summed E-state index contributed by atoms with van der Waals surface area (Å²) >= 11 is 0. The van der Waals surface area contributed by atoms with Gasteiger partial charge in [-0.05, 0) is 26.1 Å². The lowest BCUT2D eigenvalue weighted by Gasteiger charge is -2.32. The van der Waals surface area contributed by atoms with Gasteiger partial charge in [0.15, 0.2) is 5.69 Å². The van der Waals surface area contributed by atoms with Crippen LogP contribution in [0.1, 0.15) is 17.4 Å². The summed E-state index contributed by atoms with van der Waals surface area (Å²) in [4.78, 5) is 16.8. The monoisotopic (exact) mass is 359 g/mol. The summed E-state index contributed by atoms with van der Waals surface area (Å²) in [6.07, 6.45) is 0. The van der Waals surface area contributed by atoms with Crippen LogP contribution in [0.25, 0.3) is 11.3 Å². The molecule has 1 saturated heterocycles. The Bertz CT molecular complexity index is 725. The second-order valence-corrected chi connectivity index (χ2v) is 6.23. The lowest BCUT2D eigenvalue weighted by atomic mass is 10.1. The van der Waals surface area contributed by atoms with E-state index in [1.54, 1.807) is 6.92 Å². The van der Waals surface area contributed by atoms with Gasteiger partial charge in [0.1, 0.15) is 18.1 Å². The number of piperazine rings is 1. The summed E-state index contributed by atoms with van der Waals surface area (Å²) in [5.41, 5.74) is 1.34. The van der Waals surface area contributed by atoms with Gasteiger partial charge in [0.2, 0.25) is 0 Å². The first-order chi connectivity index (χ1) is 12.7. The summed E-state index contributed by atoms with van der Waals surface area (Å²) in [6.45, 7) is 7.76. The van der Waals surface area contributed by atoms with Gasteiger partial charge in [-0.2, -0.15) is 10.3 Å². The highest BCUT2D eigenvalue weighted by molar-refractivity contribution is 5.94. The third kappa shape index (κ3) is 4.39. The van der Waals surface area contributed by atoms with E-state index in [2.05, 4.69) is 32.3 Å². The zero-order chi connectivity index (χ0) is 18.4. The minimum Gasteiger partial charge on any atom is -0.492 e. The minimum atomic E-state index is -0.497. The van der Waals surface area contributed by atoms with E-state index in [0.717, 1.165) is 38.3 Å². The number of aromatic nitrogens is 3. The lowest BCUT2D eigenvalue weighted by Crippen LogP contribution is -2.45. The van der Waals surface area contributed by atoms with Crippen LogP contribution in [0.5, 0.6) is 5.75 Å². The van der Waals surface area contributed by atoms with Gasteiger partial charge in [0.25, 0.3) is 0 Å². The molecule has 0 unspecified atom stereocenters. The maximum Gasteiger partial charge on any atom is 0.361 e. The molecule has 1 N–H and O–H groups in total. The van der Waals surface area contributed by atoms with Crippen molar-refractivity contribution >= 4 is 5.97 Å². The van der Waals surface area contributed by atoms with Crippen LogP contribution >= 0.6 is 0 Å². The van der Waals surface area contributed by atoms with E-state index < -0.39 is 5.97 Å². The number of H-pyrrole nitrogens is 1. The first kappa shape index (κ1) is 18.3. The topological polar surface area (TPSA) is 83.6 Å². The van der Waals surface area contributed by atoms with E-state index >= 15 is 0 Å². The van der Waals surface area contributed by atoms with Crippen LogP contribution in [-0.2, 0) is 4.74 Å². The Morgan fingerprint density at radius 3 is 2.73 bits per heavy atom. The van der Waals surface area contributed by atoms with E-state index in [1.165, 1.54) is 0 Å². The molecule has 0 amide bonds.